The zero-order valence-corrected chi connectivity index (χ0v) is 18.4. The predicted octanol–water partition coefficient (Wildman–Crippen LogP) is 3.85. The number of urea groups is 1. The quantitative estimate of drug-likeness (QED) is 0.549. The van der Waals surface area contributed by atoms with E-state index in [9.17, 15) is 15.0 Å². The van der Waals surface area contributed by atoms with Crippen molar-refractivity contribution in [3.05, 3.63) is 12.2 Å². The second kappa shape index (κ2) is 9.62. The van der Waals surface area contributed by atoms with Crippen LogP contribution in [-0.4, -0.2) is 42.5 Å². The summed E-state index contributed by atoms with van der Waals surface area (Å²) in [6.07, 6.45) is 8.96. The Labute approximate surface area is 171 Å². The van der Waals surface area contributed by atoms with Crippen LogP contribution in [0.5, 0.6) is 0 Å². The van der Waals surface area contributed by atoms with Gasteiger partial charge in [-0.15, -0.1) is 0 Å². The number of rotatable bonds is 3. The third kappa shape index (κ3) is 4.73. The van der Waals surface area contributed by atoms with E-state index in [0.29, 0.717) is 17.9 Å². The van der Waals surface area contributed by atoms with Gasteiger partial charge in [0.25, 0.3) is 0 Å². The number of fused-ring (bicyclic) bond motifs is 1. The Bertz CT molecular complexity index is 552. The first-order valence-corrected chi connectivity index (χ1v) is 11.1. The number of aliphatic hydroxyl groups excluding tert-OH is 2. The third-order valence-electron chi connectivity index (χ3n) is 8.31. The molecule has 0 saturated heterocycles. The molecule has 3 aliphatic carbocycles. The number of amides is 2. The topological polar surface area (TPSA) is 81.6 Å². The monoisotopic (exact) mass is 394 g/mol. The summed E-state index contributed by atoms with van der Waals surface area (Å²) in [6, 6.07) is -0.123. The van der Waals surface area contributed by atoms with Crippen LogP contribution >= 0.6 is 0 Å². The smallest absolute Gasteiger partial charge is 0.314 e. The molecule has 5 heteroatoms. The van der Waals surface area contributed by atoms with Gasteiger partial charge in [-0.25, -0.2) is 4.79 Å². The van der Waals surface area contributed by atoms with Crippen LogP contribution in [0.15, 0.2) is 12.2 Å². The first-order chi connectivity index (χ1) is 13.2. The van der Waals surface area contributed by atoms with Gasteiger partial charge in [0.15, 0.2) is 0 Å². The SMILES string of the molecule is C=C1CCC2CC(C3(C)CCC(O)CC3CO)CCC12C.CCNC(=O)NC. The average molecular weight is 395 g/mol. The standard InChI is InChI=1S/C19H32O2.C4H10N2O/c1-13-4-5-14-10-15(6-8-18(13,14)2)19(3)9-7-17(21)11-16(19)12-20;1-3-6-4(7)5-2/h14-17,20-21H,1,4-12H2,2-3H3;3H2,1-2H3,(H2,5,6,7). The van der Waals surface area contributed by atoms with Crippen LogP contribution in [0.2, 0.25) is 0 Å². The van der Waals surface area contributed by atoms with E-state index in [1.165, 1.54) is 37.7 Å². The van der Waals surface area contributed by atoms with E-state index in [4.69, 9.17) is 0 Å². The number of allylic oxidation sites excluding steroid dienone is 1. The van der Waals surface area contributed by atoms with Crippen molar-refractivity contribution in [1.29, 1.82) is 0 Å². The number of carbonyl (C=O) groups excluding carboxylic acids is 1. The van der Waals surface area contributed by atoms with Gasteiger partial charge in [-0.3, -0.25) is 0 Å². The molecule has 6 atom stereocenters. The van der Waals surface area contributed by atoms with Crippen LogP contribution in [0.25, 0.3) is 0 Å². The van der Waals surface area contributed by atoms with Crippen molar-refractivity contribution >= 4 is 6.03 Å². The molecular formula is C23H42N2O3. The zero-order chi connectivity index (χ0) is 20.9. The highest BCUT2D eigenvalue weighted by atomic mass is 16.3. The number of nitrogens with one attached hydrogen (secondary N) is 2. The lowest BCUT2D eigenvalue weighted by Gasteiger charge is -2.52. The fourth-order valence-corrected chi connectivity index (χ4v) is 6.00. The largest absolute Gasteiger partial charge is 0.396 e. The molecule has 0 spiro atoms. The predicted molar refractivity (Wildman–Crippen MR) is 114 cm³/mol. The highest BCUT2D eigenvalue weighted by Gasteiger charge is 2.51. The summed E-state index contributed by atoms with van der Waals surface area (Å²) >= 11 is 0. The van der Waals surface area contributed by atoms with Gasteiger partial charge in [0, 0.05) is 20.2 Å². The van der Waals surface area contributed by atoms with E-state index < -0.39 is 0 Å². The van der Waals surface area contributed by atoms with Crippen LogP contribution in [0.3, 0.4) is 0 Å². The molecule has 0 aromatic heterocycles. The summed E-state index contributed by atoms with van der Waals surface area (Å²) in [7, 11) is 1.59. The minimum absolute atomic E-state index is 0.123. The van der Waals surface area contributed by atoms with E-state index in [0.717, 1.165) is 25.2 Å². The molecular weight excluding hydrogens is 352 g/mol. The van der Waals surface area contributed by atoms with Crippen LogP contribution < -0.4 is 10.6 Å². The normalized spacial score (nSPS) is 40.1. The Kier molecular flexibility index (Phi) is 7.97. The van der Waals surface area contributed by atoms with Crippen LogP contribution in [0.1, 0.15) is 72.1 Å². The van der Waals surface area contributed by atoms with Crippen molar-refractivity contribution in [2.45, 2.75) is 78.2 Å². The highest BCUT2D eigenvalue weighted by Crippen LogP contribution is 2.61. The summed E-state index contributed by atoms with van der Waals surface area (Å²) in [6.45, 7) is 11.9. The van der Waals surface area contributed by atoms with Gasteiger partial charge >= 0.3 is 6.03 Å². The molecule has 0 aromatic carbocycles. The molecule has 0 aliphatic heterocycles. The van der Waals surface area contributed by atoms with Gasteiger partial charge < -0.3 is 20.8 Å². The van der Waals surface area contributed by atoms with Gasteiger partial charge in [0.05, 0.1) is 6.10 Å². The molecule has 0 heterocycles. The first kappa shape index (κ1) is 23.2. The van der Waals surface area contributed by atoms with E-state index in [1.807, 2.05) is 6.92 Å². The van der Waals surface area contributed by atoms with Gasteiger partial charge in [0.1, 0.15) is 0 Å². The zero-order valence-electron chi connectivity index (χ0n) is 18.4. The van der Waals surface area contributed by atoms with Crippen molar-refractivity contribution in [3.8, 4) is 0 Å². The maximum absolute atomic E-state index is 10.2. The molecule has 3 aliphatic rings. The average Bonchev–Trinajstić information content (AvgIpc) is 2.98. The molecule has 162 valence electrons. The summed E-state index contributed by atoms with van der Waals surface area (Å²) in [5.41, 5.74) is 2.09. The number of aliphatic hydroxyl groups is 2. The lowest BCUT2D eigenvalue weighted by Crippen LogP contribution is -2.46. The van der Waals surface area contributed by atoms with Crippen molar-refractivity contribution in [3.63, 3.8) is 0 Å². The first-order valence-electron chi connectivity index (χ1n) is 11.1. The molecule has 5 nitrogen and oxygen atoms in total. The second-order valence-electron chi connectivity index (χ2n) is 9.65. The molecule has 28 heavy (non-hydrogen) atoms. The van der Waals surface area contributed by atoms with Gasteiger partial charge in [-0.2, -0.15) is 0 Å². The van der Waals surface area contributed by atoms with Crippen molar-refractivity contribution < 1.29 is 15.0 Å². The molecule has 3 saturated carbocycles. The molecule has 4 N–H and O–H groups in total. The van der Waals surface area contributed by atoms with E-state index >= 15 is 0 Å². The molecule has 0 bridgehead atoms. The van der Waals surface area contributed by atoms with Crippen LogP contribution in [0, 0.1) is 28.6 Å². The van der Waals surface area contributed by atoms with Gasteiger partial charge in [0.2, 0.25) is 0 Å². The Morgan fingerprint density at radius 3 is 2.46 bits per heavy atom. The maximum Gasteiger partial charge on any atom is 0.314 e. The molecule has 2 amide bonds. The van der Waals surface area contributed by atoms with Gasteiger partial charge in [-0.1, -0.05) is 26.0 Å². The second-order valence-corrected chi connectivity index (χ2v) is 9.65. The van der Waals surface area contributed by atoms with Crippen LogP contribution in [-0.2, 0) is 0 Å². The number of hydrogen-bond acceptors (Lipinski definition) is 3. The molecule has 6 unspecified atom stereocenters. The third-order valence-corrected chi connectivity index (χ3v) is 8.31. The summed E-state index contributed by atoms with van der Waals surface area (Å²) in [4.78, 5) is 10.2. The minimum atomic E-state index is -0.199. The molecule has 0 radical (unpaired) electrons. The Balaban J connectivity index is 0.000000345. The van der Waals surface area contributed by atoms with E-state index in [1.54, 1.807) is 7.05 Å². The summed E-state index contributed by atoms with van der Waals surface area (Å²) < 4.78 is 0. The number of hydrogen-bond donors (Lipinski definition) is 4. The Hall–Kier alpha value is -1.07. The van der Waals surface area contributed by atoms with E-state index in [-0.39, 0.29) is 30.1 Å². The minimum Gasteiger partial charge on any atom is -0.396 e. The van der Waals surface area contributed by atoms with Gasteiger partial charge in [-0.05, 0) is 86.9 Å². The molecule has 3 rings (SSSR count). The molecule has 3 fully saturated rings. The Morgan fingerprint density at radius 1 is 1.18 bits per heavy atom. The summed E-state index contributed by atoms with van der Waals surface area (Å²) in [5, 5.41) is 24.7. The van der Waals surface area contributed by atoms with Crippen molar-refractivity contribution in [2.24, 2.45) is 28.6 Å². The van der Waals surface area contributed by atoms with Crippen molar-refractivity contribution in [1.82, 2.24) is 10.6 Å². The Morgan fingerprint density at radius 2 is 1.89 bits per heavy atom. The fraction of sp³-hybridized carbons (Fsp3) is 0.870. The highest BCUT2D eigenvalue weighted by molar-refractivity contribution is 5.73. The van der Waals surface area contributed by atoms with E-state index in [2.05, 4.69) is 31.1 Å². The van der Waals surface area contributed by atoms with Crippen molar-refractivity contribution in [2.75, 3.05) is 20.2 Å². The summed E-state index contributed by atoms with van der Waals surface area (Å²) in [5.74, 6) is 1.79. The fourth-order valence-electron chi connectivity index (χ4n) is 6.00. The van der Waals surface area contributed by atoms with Crippen LogP contribution in [0.4, 0.5) is 4.79 Å². The lowest BCUT2D eigenvalue weighted by molar-refractivity contribution is -0.0661. The maximum atomic E-state index is 10.2. The number of carbonyl (C=O) groups is 1. The molecule has 0 aromatic rings. The lowest BCUT2D eigenvalue weighted by atomic mass is 9.53.